The first-order chi connectivity index (χ1) is 9.74. The lowest BCUT2D eigenvalue weighted by molar-refractivity contribution is 0.0169. The molecule has 1 fully saturated rings. The summed E-state index contributed by atoms with van der Waals surface area (Å²) in [6, 6.07) is 7.00. The molecule has 0 spiro atoms. The summed E-state index contributed by atoms with van der Waals surface area (Å²) in [5, 5.41) is 6.47. The Labute approximate surface area is 121 Å². The van der Waals surface area contributed by atoms with E-state index in [0.29, 0.717) is 12.1 Å². The van der Waals surface area contributed by atoms with Gasteiger partial charge in [0.1, 0.15) is 10.8 Å². The highest BCUT2D eigenvalue weighted by Crippen LogP contribution is 2.25. The first kappa shape index (κ1) is 13.7. The van der Waals surface area contributed by atoms with Gasteiger partial charge in [-0.05, 0) is 37.1 Å². The molecule has 5 heteroatoms. The van der Waals surface area contributed by atoms with Crippen molar-refractivity contribution in [3.63, 3.8) is 0 Å². The summed E-state index contributed by atoms with van der Waals surface area (Å²) in [5.74, 6) is -0.218. The quantitative estimate of drug-likeness (QED) is 0.919. The van der Waals surface area contributed by atoms with Crippen molar-refractivity contribution in [1.82, 2.24) is 10.3 Å². The van der Waals surface area contributed by atoms with Crippen LogP contribution in [0.2, 0.25) is 0 Å². The van der Waals surface area contributed by atoms with Crippen LogP contribution in [-0.2, 0) is 11.3 Å². The molecule has 1 heterocycles. The predicted octanol–water partition coefficient (Wildman–Crippen LogP) is 3.22. The molecule has 20 heavy (non-hydrogen) atoms. The second-order valence-electron chi connectivity index (χ2n) is 5.06. The first-order valence-electron chi connectivity index (χ1n) is 6.71. The van der Waals surface area contributed by atoms with E-state index in [0.717, 1.165) is 35.7 Å². The maximum Gasteiger partial charge on any atom is 0.123 e. The normalized spacial score (nSPS) is 21.7. The summed E-state index contributed by atoms with van der Waals surface area (Å²) >= 11 is 1.59. The molecule has 0 saturated heterocycles. The van der Waals surface area contributed by atoms with Gasteiger partial charge in [0.25, 0.3) is 0 Å². The third kappa shape index (κ3) is 3.06. The fourth-order valence-corrected chi connectivity index (χ4v) is 3.11. The number of hydrogen-bond donors (Lipinski definition) is 1. The summed E-state index contributed by atoms with van der Waals surface area (Å²) in [7, 11) is 1.76. The van der Waals surface area contributed by atoms with Gasteiger partial charge in [0.15, 0.2) is 0 Å². The summed E-state index contributed by atoms with van der Waals surface area (Å²) in [6.07, 6.45) is 2.56. The number of aromatic nitrogens is 1. The summed E-state index contributed by atoms with van der Waals surface area (Å²) in [4.78, 5) is 4.58. The number of nitrogens with zero attached hydrogens (tertiary/aromatic N) is 1. The van der Waals surface area contributed by atoms with E-state index in [1.54, 1.807) is 30.6 Å². The van der Waals surface area contributed by atoms with Gasteiger partial charge in [0.2, 0.25) is 0 Å². The molecule has 0 bridgehead atoms. The maximum absolute atomic E-state index is 12.9. The van der Waals surface area contributed by atoms with Crippen LogP contribution >= 0.6 is 11.3 Å². The van der Waals surface area contributed by atoms with Crippen LogP contribution in [0.15, 0.2) is 29.6 Å². The molecule has 2 aromatic rings. The van der Waals surface area contributed by atoms with Gasteiger partial charge in [0.05, 0.1) is 11.8 Å². The average molecular weight is 292 g/mol. The van der Waals surface area contributed by atoms with Crippen LogP contribution in [0.25, 0.3) is 10.6 Å². The lowest BCUT2D eigenvalue weighted by Crippen LogP contribution is -2.44. The molecule has 1 N–H and O–H groups in total. The lowest BCUT2D eigenvalue weighted by Gasteiger charge is -2.34. The number of hydrogen-bond acceptors (Lipinski definition) is 4. The Kier molecular flexibility index (Phi) is 4.10. The average Bonchev–Trinajstić information content (AvgIpc) is 2.87. The minimum absolute atomic E-state index is 0.218. The van der Waals surface area contributed by atoms with E-state index in [9.17, 15) is 4.39 Å². The second-order valence-corrected chi connectivity index (χ2v) is 5.92. The Balaban J connectivity index is 1.56. The molecule has 0 radical (unpaired) electrons. The largest absolute Gasteiger partial charge is 0.381 e. The fourth-order valence-electron chi connectivity index (χ4n) is 2.29. The van der Waals surface area contributed by atoms with Crippen molar-refractivity contribution >= 4 is 11.3 Å². The van der Waals surface area contributed by atoms with Crippen molar-refractivity contribution in [3.05, 3.63) is 41.2 Å². The van der Waals surface area contributed by atoms with Crippen LogP contribution in [0, 0.1) is 5.82 Å². The van der Waals surface area contributed by atoms with E-state index in [1.165, 1.54) is 12.1 Å². The molecule has 3 nitrogen and oxygen atoms in total. The van der Waals surface area contributed by atoms with Gasteiger partial charge in [-0.3, -0.25) is 0 Å². The predicted molar refractivity (Wildman–Crippen MR) is 78.2 cm³/mol. The van der Waals surface area contributed by atoms with Crippen molar-refractivity contribution in [2.24, 2.45) is 0 Å². The van der Waals surface area contributed by atoms with Crippen LogP contribution in [0.4, 0.5) is 4.39 Å². The summed E-state index contributed by atoms with van der Waals surface area (Å²) in [6.45, 7) is 0.777. The summed E-state index contributed by atoms with van der Waals surface area (Å²) < 4.78 is 18.1. The highest BCUT2D eigenvalue weighted by molar-refractivity contribution is 7.13. The van der Waals surface area contributed by atoms with Crippen LogP contribution in [0.3, 0.4) is 0 Å². The number of nitrogens with one attached hydrogen (secondary N) is 1. The zero-order chi connectivity index (χ0) is 13.9. The third-order valence-corrected chi connectivity index (χ3v) is 4.58. The van der Waals surface area contributed by atoms with E-state index < -0.39 is 0 Å². The maximum atomic E-state index is 12.9. The molecule has 1 aliphatic carbocycles. The van der Waals surface area contributed by atoms with Crippen LogP contribution in [0.1, 0.15) is 18.5 Å². The number of methoxy groups -OCH3 is 1. The molecule has 0 unspecified atom stereocenters. The van der Waals surface area contributed by atoms with Crippen LogP contribution in [0.5, 0.6) is 0 Å². The third-order valence-electron chi connectivity index (χ3n) is 3.64. The monoisotopic (exact) mass is 292 g/mol. The molecular weight excluding hydrogens is 275 g/mol. The first-order valence-corrected chi connectivity index (χ1v) is 7.59. The van der Waals surface area contributed by atoms with Gasteiger partial charge in [-0.25, -0.2) is 9.37 Å². The van der Waals surface area contributed by atoms with Crippen molar-refractivity contribution in [1.29, 1.82) is 0 Å². The van der Waals surface area contributed by atoms with Crippen molar-refractivity contribution in [3.8, 4) is 10.6 Å². The van der Waals surface area contributed by atoms with E-state index >= 15 is 0 Å². The van der Waals surface area contributed by atoms with E-state index in [-0.39, 0.29) is 5.82 Å². The van der Waals surface area contributed by atoms with Crippen LogP contribution in [-0.4, -0.2) is 24.2 Å². The Morgan fingerprint density at radius 1 is 1.35 bits per heavy atom. The zero-order valence-electron chi connectivity index (χ0n) is 11.3. The topological polar surface area (TPSA) is 34.1 Å². The van der Waals surface area contributed by atoms with Gasteiger partial charge in [0, 0.05) is 30.6 Å². The number of benzene rings is 1. The number of rotatable bonds is 5. The molecule has 1 saturated carbocycles. The molecule has 3 rings (SSSR count). The Bertz CT molecular complexity index is 564. The number of thiazole rings is 1. The Morgan fingerprint density at radius 3 is 2.80 bits per heavy atom. The SMILES string of the molecule is COC1CC(NCc2csc(-c3ccc(F)cc3)n2)C1. The summed E-state index contributed by atoms with van der Waals surface area (Å²) in [5.41, 5.74) is 2.00. The van der Waals surface area contributed by atoms with Crippen molar-refractivity contribution < 1.29 is 9.13 Å². The lowest BCUT2D eigenvalue weighted by atomic mass is 9.89. The van der Waals surface area contributed by atoms with Gasteiger partial charge in [-0.1, -0.05) is 0 Å². The zero-order valence-corrected chi connectivity index (χ0v) is 12.1. The molecule has 0 aliphatic heterocycles. The molecule has 1 aromatic carbocycles. The van der Waals surface area contributed by atoms with E-state index in [2.05, 4.69) is 15.7 Å². The number of ether oxygens (including phenoxy) is 1. The minimum atomic E-state index is -0.218. The molecular formula is C15H17FN2OS. The Hall–Kier alpha value is -1.30. The van der Waals surface area contributed by atoms with Crippen molar-refractivity contribution in [2.75, 3.05) is 7.11 Å². The van der Waals surface area contributed by atoms with Gasteiger partial charge in [-0.15, -0.1) is 11.3 Å². The van der Waals surface area contributed by atoms with Gasteiger partial charge < -0.3 is 10.1 Å². The highest BCUT2D eigenvalue weighted by atomic mass is 32.1. The van der Waals surface area contributed by atoms with Gasteiger partial charge in [-0.2, -0.15) is 0 Å². The fraction of sp³-hybridized carbons (Fsp3) is 0.400. The molecule has 1 aromatic heterocycles. The number of halogens is 1. The smallest absolute Gasteiger partial charge is 0.123 e. The minimum Gasteiger partial charge on any atom is -0.381 e. The van der Waals surface area contributed by atoms with Gasteiger partial charge >= 0.3 is 0 Å². The second kappa shape index (κ2) is 5.99. The molecule has 106 valence electrons. The Morgan fingerprint density at radius 2 is 2.10 bits per heavy atom. The van der Waals surface area contributed by atoms with E-state index in [4.69, 9.17) is 4.74 Å². The van der Waals surface area contributed by atoms with Crippen LogP contribution < -0.4 is 5.32 Å². The molecule has 1 aliphatic rings. The highest BCUT2D eigenvalue weighted by Gasteiger charge is 2.28. The molecule has 0 atom stereocenters. The van der Waals surface area contributed by atoms with Crippen molar-refractivity contribution in [2.45, 2.75) is 31.5 Å². The molecule has 0 amide bonds. The van der Waals surface area contributed by atoms with E-state index in [1.807, 2.05) is 0 Å². The standard InChI is InChI=1S/C15H17FN2OS/c1-19-14-6-12(7-14)17-8-13-9-20-15(18-13)10-2-4-11(16)5-3-10/h2-5,9,12,14,17H,6-8H2,1H3.